The van der Waals surface area contributed by atoms with Crippen molar-refractivity contribution in [3.8, 4) is 0 Å². The van der Waals surface area contributed by atoms with Crippen LogP contribution < -0.4 is 0 Å². The van der Waals surface area contributed by atoms with Gasteiger partial charge in [0.1, 0.15) is 0 Å². The average Bonchev–Trinajstić information content (AvgIpc) is 2.21. The zero-order valence-corrected chi connectivity index (χ0v) is 9.23. The molecule has 2 nitrogen and oxygen atoms in total. The Morgan fingerprint density at radius 1 is 1.33 bits per heavy atom. The number of rotatable bonds is 0. The Morgan fingerprint density at radius 3 is 2.75 bits per heavy atom. The van der Waals surface area contributed by atoms with Crippen LogP contribution in [0.15, 0.2) is 21.7 Å². The van der Waals surface area contributed by atoms with Crippen LogP contribution in [0, 0.1) is 0 Å². The van der Waals surface area contributed by atoms with Gasteiger partial charge >= 0.3 is 6.29 Å². The fraction of sp³-hybridized carbons (Fsp3) is 0.167. The highest BCUT2D eigenvalue weighted by Gasteiger charge is 2.46. The maximum atomic E-state index is 12.4. The van der Waals surface area contributed by atoms with Gasteiger partial charge in [-0.15, -0.1) is 8.78 Å². The molecule has 0 N–H and O–H groups in total. The molecule has 1 saturated heterocycles. The molecule has 0 aromatic heterocycles. The lowest BCUT2D eigenvalue weighted by Gasteiger charge is -2.02. The quantitative estimate of drug-likeness (QED) is 0.625. The maximum Gasteiger partial charge on any atom is 0.586 e. The molecule has 0 unspecified atom stereocenters. The minimum absolute atomic E-state index is 0.109. The van der Waals surface area contributed by atoms with Gasteiger partial charge < -0.3 is 9.47 Å². The van der Waals surface area contributed by atoms with E-state index in [1.165, 1.54) is 6.08 Å². The van der Waals surface area contributed by atoms with Gasteiger partial charge in [-0.1, -0.05) is 20.7 Å². The van der Waals surface area contributed by atoms with E-state index < -0.39 is 6.29 Å². The molecule has 2 heterocycles. The Morgan fingerprint density at radius 2 is 2.00 bits per heavy atom. The third-order valence-electron chi connectivity index (χ3n) is 1.20. The van der Waals surface area contributed by atoms with Crippen molar-refractivity contribution in [1.29, 1.82) is 0 Å². The number of allylic oxidation sites excluding steroid dienone is 1. The molecular formula is C6H2BrF2IO2. The monoisotopic (exact) mass is 350 g/mol. The number of hydrogen-bond donors (Lipinski definition) is 0. The van der Waals surface area contributed by atoms with Crippen molar-refractivity contribution in [1.82, 2.24) is 0 Å². The molecule has 0 saturated carbocycles. The molecule has 0 aliphatic carbocycles. The molecule has 2 aliphatic heterocycles. The van der Waals surface area contributed by atoms with Gasteiger partial charge in [-0.05, 0) is 15.9 Å². The topological polar surface area (TPSA) is 18.5 Å². The highest BCUT2D eigenvalue weighted by Crippen LogP contribution is 2.40. The summed E-state index contributed by atoms with van der Waals surface area (Å²) < 4.78 is 35.9. The van der Waals surface area contributed by atoms with Crippen LogP contribution in [-0.2, 0) is 9.47 Å². The summed E-state index contributed by atoms with van der Waals surface area (Å²) in [5, 5.41) is 0. The third kappa shape index (κ3) is 1.54. The van der Waals surface area contributed by atoms with E-state index in [0.29, 0.717) is 0 Å². The van der Waals surface area contributed by atoms with Crippen molar-refractivity contribution in [3.63, 3.8) is 0 Å². The maximum absolute atomic E-state index is 12.4. The molecule has 0 radical (unpaired) electrons. The third-order valence-corrected chi connectivity index (χ3v) is 4.37. The Hall–Kier alpha value is 0.0200. The molecular weight excluding hydrogens is 349 g/mol. The number of ether oxygens (including phenoxy) is 2. The molecule has 2 rings (SSSR count). The van der Waals surface area contributed by atoms with E-state index in [2.05, 4.69) is 25.4 Å². The SMILES string of the molecule is FC1(F)OC2=CI=C(Br)C=C2O1. The first kappa shape index (κ1) is 8.61. The number of alkyl halides is 2. The minimum Gasteiger partial charge on any atom is -0.395 e. The fourth-order valence-electron chi connectivity index (χ4n) is 0.786. The molecule has 0 atom stereocenters. The Bertz CT molecular complexity index is 322. The largest absolute Gasteiger partial charge is 0.586 e. The van der Waals surface area contributed by atoms with Crippen LogP contribution in [0.3, 0.4) is 0 Å². The zero-order valence-electron chi connectivity index (χ0n) is 5.48. The predicted molar refractivity (Wildman–Crippen MR) is 51.2 cm³/mol. The number of halogens is 4. The van der Waals surface area contributed by atoms with Gasteiger partial charge in [-0.2, -0.15) is 0 Å². The van der Waals surface area contributed by atoms with Gasteiger partial charge in [0.25, 0.3) is 0 Å². The number of hydrogen-bond acceptors (Lipinski definition) is 2. The standard InChI is InChI=1S/C6H2BrF2IO2/c7-5-1-3-4(2-10-5)12-6(8,9)11-3/h1-2H. The summed E-state index contributed by atoms with van der Waals surface area (Å²) in [5.41, 5.74) is 0. The summed E-state index contributed by atoms with van der Waals surface area (Å²) in [6, 6.07) is 0. The van der Waals surface area contributed by atoms with Gasteiger partial charge in [0.2, 0.25) is 0 Å². The molecule has 2 aliphatic rings. The molecule has 0 aromatic rings. The van der Waals surface area contributed by atoms with E-state index in [4.69, 9.17) is 0 Å². The van der Waals surface area contributed by atoms with E-state index >= 15 is 0 Å². The summed E-state index contributed by atoms with van der Waals surface area (Å²) in [6.07, 6.45) is -1.96. The van der Waals surface area contributed by atoms with Crippen molar-refractivity contribution in [2.24, 2.45) is 0 Å². The second-order valence-corrected chi connectivity index (χ2v) is 6.79. The van der Waals surface area contributed by atoms with Crippen LogP contribution in [0.4, 0.5) is 8.78 Å². The van der Waals surface area contributed by atoms with E-state index in [1.54, 1.807) is 4.08 Å². The van der Waals surface area contributed by atoms with Crippen molar-refractivity contribution < 1.29 is 18.3 Å². The Kier molecular flexibility index (Phi) is 1.98. The molecule has 0 bridgehead atoms. The second-order valence-electron chi connectivity index (χ2n) is 2.05. The minimum atomic E-state index is -3.49. The lowest BCUT2D eigenvalue weighted by Crippen LogP contribution is -2.14. The lowest BCUT2D eigenvalue weighted by molar-refractivity contribution is -0.326. The Balaban J connectivity index is 2.36. The van der Waals surface area contributed by atoms with Crippen molar-refractivity contribution in [3.05, 3.63) is 21.7 Å². The molecule has 6 heteroatoms. The van der Waals surface area contributed by atoms with Crippen molar-refractivity contribution >= 4 is 39.1 Å². The highest BCUT2D eigenvalue weighted by molar-refractivity contribution is 14.2. The van der Waals surface area contributed by atoms with Crippen molar-refractivity contribution in [2.45, 2.75) is 6.29 Å². The molecule has 66 valence electrons. The van der Waals surface area contributed by atoms with Crippen LogP contribution in [0.2, 0.25) is 0 Å². The lowest BCUT2D eigenvalue weighted by atomic mass is 10.4. The summed E-state index contributed by atoms with van der Waals surface area (Å²) in [6.45, 7) is 0. The fourth-order valence-corrected chi connectivity index (χ4v) is 3.05. The molecule has 0 amide bonds. The zero-order chi connectivity index (χ0) is 8.77. The van der Waals surface area contributed by atoms with Crippen LogP contribution >= 0.6 is 36.7 Å². The van der Waals surface area contributed by atoms with Crippen LogP contribution in [-0.4, -0.2) is 8.71 Å². The van der Waals surface area contributed by atoms with E-state index in [-0.39, 0.29) is 32.2 Å². The highest BCUT2D eigenvalue weighted by atomic mass is 127. The van der Waals surface area contributed by atoms with E-state index in [0.717, 1.165) is 2.42 Å². The van der Waals surface area contributed by atoms with E-state index in [1.807, 2.05) is 0 Å². The molecule has 0 aromatic carbocycles. The van der Waals surface area contributed by atoms with Crippen LogP contribution in [0.25, 0.3) is 0 Å². The summed E-state index contributed by atoms with van der Waals surface area (Å²) in [7, 11) is 0. The average molecular weight is 351 g/mol. The first-order chi connectivity index (χ1) is 5.57. The van der Waals surface area contributed by atoms with Gasteiger partial charge in [-0.25, -0.2) is 0 Å². The normalized spacial score (nSPS) is 25.1. The van der Waals surface area contributed by atoms with Crippen molar-refractivity contribution in [2.75, 3.05) is 0 Å². The molecule has 1 fully saturated rings. The summed E-state index contributed by atoms with van der Waals surface area (Å²) >= 11 is 2.86. The first-order valence-corrected chi connectivity index (χ1v) is 6.02. The van der Waals surface area contributed by atoms with Crippen LogP contribution in [0.5, 0.6) is 0 Å². The Labute approximate surface area is 85.1 Å². The van der Waals surface area contributed by atoms with Gasteiger partial charge in [0.05, 0.1) is 2.42 Å². The summed E-state index contributed by atoms with van der Waals surface area (Å²) in [5.74, 6) is 0.272. The van der Waals surface area contributed by atoms with Gasteiger partial charge in [0.15, 0.2) is 11.5 Å². The summed E-state index contributed by atoms with van der Waals surface area (Å²) in [4.78, 5) is 0. The molecule has 0 spiro atoms. The molecule has 12 heavy (non-hydrogen) atoms. The van der Waals surface area contributed by atoms with Gasteiger partial charge in [-0.3, -0.25) is 0 Å². The smallest absolute Gasteiger partial charge is 0.395 e. The van der Waals surface area contributed by atoms with Gasteiger partial charge in [0, 0.05) is 10.2 Å². The predicted octanol–water partition coefficient (Wildman–Crippen LogP) is 2.82. The van der Waals surface area contributed by atoms with E-state index in [9.17, 15) is 8.78 Å². The van der Waals surface area contributed by atoms with Crippen LogP contribution in [0.1, 0.15) is 0 Å². The second kappa shape index (κ2) is 2.76. The first-order valence-electron chi connectivity index (χ1n) is 2.91. The number of fused-ring (bicyclic) bond motifs is 1.